The van der Waals surface area contributed by atoms with Crippen molar-refractivity contribution in [3.8, 4) is 0 Å². The van der Waals surface area contributed by atoms with Crippen LogP contribution in [0.5, 0.6) is 0 Å². The zero-order valence-corrected chi connectivity index (χ0v) is 15.3. The monoisotopic (exact) mass is 386 g/mol. The standard InChI is InChI=1S/C17H20Cl2N2O4/c1-10(4-5-15(22)23)20-16(24)14-3-2-6-21(14)17(25)11-7-12(18)9-13(19)8-11/h7-10,14H,2-6H2,1H3,(H,20,24)(H,22,23). The predicted molar refractivity (Wildman–Crippen MR) is 95.0 cm³/mol. The van der Waals surface area contributed by atoms with Gasteiger partial charge in [0.2, 0.25) is 5.91 Å². The lowest BCUT2D eigenvalue weighted by Crippen LogP contribution is -2.48. The molecule has 0 aliphatic carbocycles. The van der Waals surface area contributed by atoms with Crippen molar-refractivity contribution in [2.24, 2.45) is 0 Å². The molecule has 136 valence electrons. The SMILES string of the molecule is CC(CCC(=O)O)NC(=O)C1CCCN1C(=O)c1cc(Cl)cc(Cl)c1. The zero-order chi connectivity index (χ0) is 18.6. The highest BCUT2D eigenvalue weighted by Crippen LogP contribution is 2.24. The average molecular weight is 387 g/mol. The molecule has 2 amide bonds. The Morgan fingerprint density at radius 3 is 2.52 bits per heavy atom. The molecule has 1 aliphatic heterocycles. The molecule has 1 aliphatic rings. The van der Waals surface area contributed by atoms with Gasteiger partial charge in [0.25, 0.3) is 5.91 Å². The van der Waals surface area contributed by atoms with Crippen LogP contribution in [0.4, 0.5) is 0 Å². The van der Waals surface area contributed by atoms with Crippen molar-refractivity contribution in [1.29, 1.82) is 0 Å². The molecule has 25 heavy (non-hydrogen) atoms. The summed E-state index contributed by atoms with van der Waals surface area (Å²) in [5.41, 5.74) is 0.344. The maximum absolute atomic E-state index is 12.7. The van der Waals surface area contributed by atoms with Gasteiger partial charge in [0.1, 0.15) is 6.04 Å². The Hall–Kier alpha value is -1.79. The molecule has 2 rings (SSSR count). The number of carbonyl (C=O) groups is 3. The molecule has 1 fully saturated rings. The third-order valence-electron chi connectivity index (χ3n) is 4.11. The Morgan fingerprint density at radius 2 is 1.92 bits per heavy atom. The first kappa shape index (κ1) is 19.5. The molecule has 0 radical (unpaired) electrons. The van der Waals surface area contributed by atoms with Crippen molar-refractivity contribution in [3.05, 3.63) is 33.8 Å². The van der Waals surface area contributed by atoms with Gasteiger partial charge in [0.15, 0.2) is 0 Å². The number of carboxylic acid groups (broad SMARTS) is 1. The molecule has 8 heteroatoms. The number of carbonyl (C=O) groups excluding carboxylic acids is 2. The van der Waals surface area contributed by atoms with E-state index < -0.39 is 12.0 Å². The topological polar surface area (TPSA) is 86.7 Å². The lowest BCUT2D eigenvalue weighted by atomic mass is 10.1. The molecule has 0 aromatic heterocycles. The Morgan fingerprint density at radius 1 is 1.28 bits per heavy atom. The minimum Gasteiger partial charge on any atom is -0.481 e. The maximum Gasteiger partial charge on any atom is 0.303 e. The summed E-state index contributed by atoms with van der Waals surface area (Å²) in [6.45, 7) is 2.23. The Labute approximate surface area is 156 Å². The van der Waals surface area contributed by atoms with Gasteiger partial charge in [-0.3, -0.25) is 14.4 Å². The summed E-state index contributed by atoms with van der Waals surface area (Å²) >= 11 is 11.9. The van der Waals surface area contributed by atoms with Gasteiger partial charge in [-0.1, -0.05) is 23.2 Å². The van der Waals surface area contributed by atoms with Gasteiger partial charge in [-0.25, -0.2) is 0 Å². The van der Waals surface area contributed by atoms with Crippen LogP contribution in [0.25, 0.3) is 0 Å². The fourth-order valence-corrected chi connectivity index (χ4v) is 3.40. The number of aliphatic carboxylic acids is 1. The van der Waals surface area contributed by atoms with Crippen LogP contribution < -0.4 is 5.32 Å². The Kier molecular flexibility index (Phi) is 6.67. The molecule has 1 aromatic rings. The molecule has 1 heterocycles. The number of hydrogen-bond acceptors (Lipinski definition) is 3. The number of nitrogens with one attached hydrogen (secondary N) is 1. The Bertz CT molecular complexity index is 660. The minimum atomic E-state index is -0.906. The molecular formula is C17H20Cl2N2O4. The van der Waals surface area contributed by atoms with Crippen molar-refractivity contribution in [1.82, 2.24) is 10.2 Å². The van der Waals surface area contributed by atoms with E-state index >= 15 is 0 Å². The van der Waals surface area contributed by atoms with Gasteiger partial charge >= 0.3 is 5.97 Å². The molecule has 1 saturated heterocycles. The van der Waals surface area contributed by atoms with Crippen molar-refractivity contribution in [2.75, 3.05) is 6.54 Å². The normalized spacial score (nSPS) is 18.0. The lowest BCUT2D eigenvalue weighted by Gasteiger charge is -2.25. The van der Waals surface area contributed by atoms with E-state index in [-0.39, 0.29) is 24.3 Å². The van der Waals surface area contributed by atoms with Crippen molar-refractivity contribution in [3.63, 3.8) is 0 Å². The quantitative estimate of drug-likeness (QED) is 0.786. The van der Waals surface area contributed by atoms with Crippen LogP contribution in [0.15, 0.2) is 18.2 Å². The van der Waals surface area contributed by atoms with E-state index in [4.69, 9.17) is 28.3 Å². The van der Waals surface area contributed by atoms with Crippen LogP contribution in [0.3, 0.4) is 0 Å². The minimum absolute atomic E-state index is 0.0181. The predicted octanol–water partition coefficient (Wildman–Crippen LogP) is 2.97. The maximum atomic E-state index is 12.7. The van der Waals surface area contributed by atoms with Crippen LogP contribution in [0, 0.1) is 0 Å². The molecule has 1 aromatic carbocycles. The van der Waals surface area contributed by atoms with Gasteiger partial charge in [-0.2, -0.15) is 0 Å². The third-order valence-corrected chi connectivity index (χ3v) is 4.54. The average Bonchev–Trinajstić information content (AvgIpc) is 3.00. The lowest BCUT2D eigenvalue weighted by molar-refractivity contribution is -0.137. The van der Waals surface area contributed by atoms with Crippen LogP contribution in [0.1, 0.15) is 43.0 Å². The molecular weight excluding hydrogens is 367 g/mol. The van der Waals surface area contributed by atoms with Crippen molar-refractivity contribution < 1.29 is 19.5 Å². The summed E-state index contributed by atoms with van der Waals surface area (Å²) in [6, 6.07) is 3.74. The van der Waals surface area contributed by atoms with Gasteiger partial charge < -0.3 is 15.3 Å². The summed E-state index contributed by atoms with van der Waals surface area (Å²) in [6.07, 6.45) is 1.61. The van der Waals surface area contributed by atoms with E-state index in [1.165, 1.54) is 23.1 Å². The second-order valence-corrected chi connectivity index (χ2v) is 7.03. The van der Waals surface area contributed by atoms with Gasteiger partial charge in [-0.05, 0) is 44.4 Å². The van der Waals surface area contributed by atoms with E-state index in [2.05, 4.69) is 5.32 Å². The molecule has 6 nitrogen and oxygen atoms in total. The van der Waals surface area contributed by atoms with Crippen molar-refractivity contribution >= 4 is 41.0 Å². The fraction of sp³-hybridized carbons (Fsp3) is 0.471. The fourth-order valence-electron chi connectivity index (χ4n) is 2.88. The Balaban J connectivity index is 2.04. The van der Waals surface area contributed by atoms with E-state index in [1.807, 2.05) is 0 Å². The van der Waals surface area contributed by atoms with Gasteiger partial charge in [0, 0.05) is 34.6 Å². The number of likely N-dealkylation sites (tertiary alicyclic amines) is 1. The number of amides is 2. The smallest absolute Gasteiger partial charge is 0.303 e. The second kappa shape index (κ2) is 8.54. The van der Waals surface area contributed by atoms with E-state index in [9.17, 15) is 14.4 Å². The molecule has 0 spiro atoms. The summed E-state index contributed by atoms with van der Waals surface area (Å²) < 4.78 is 0. The summed E-state index contributed by atoms with van der Waals surface area (Å²) in [5, 5.41) is 12.2. The molecule has 0 bridgehead atoms. The second-order valence-electron chi connectivity index (χ2n) is 6.16. The van der Waals surface area contributed by atoms with E-state index in [1.54, 1.807) is 6.92 Å². The molecule has 2 N–H and O–H groups in total. The first-order valence-corrected chi connectivity index (χ1v) is 8.82. The van der Waals surface area contributed by atoms with E-state index in [0.29, 0.717) is 35.0 Å². The highest BCUT2D eigenvalue weighted by molar-refractivity contribution is 6.35. The van der Waals surface area contributed by atoms with Crippen LogP contribution in [-0.4, -0.2) is 46.4 Å². The molecule has 0 saturated carbocycles. The first-order valence-electron chi connectivity index (χ1n) is 8.07. The van der Waals surface area contributed by atoms with Crippen LogP contribution in [0.2, 0.25) is 10.0 Å². The molecule has 2 atom stereocenters. The number of carboxylic acids is 1. The summed E-state index contributed by atoms with van der Waals surface area (Å²) in [7, 11) is 0. The molecule has 2 unspecified atom stereocenters. The first-order chi connectivity index (χ1) is 11.8. The van der Waals surface area contributed by atoms with Gasteiger partial charge in [0.05, 0.1) is 0 Å². The van der Waals surface area contributed by atoms with Crippen LogP contribution >= 0.6 is 23.2 Å². The summed E-state index contributed by atoms with van der Waals surface area (Å²) in [5.74, 6) is -1.46. The zero-order valence-electron chi connectivity index (χ0n) is 13.8. The largest absolute Gasteiger partial charge is 0.481 e. The van der Waals surface area contributed by atoms with E-state index in [0.717, 1.165) is 6.42 Å². The number of rotatable bonds is 6. The van der Waals surface area contributed by atoms with Crippen LogP contribution in [-0.2, 0) is 9.59 Å². The highest BCUT2D eigenvalue weighted by atomic mass is 35.5. The number of nitrogens with zero attached hydrogens (tertiary/aromatic N) is 1. The number of halogens is 2. The highest BCUT2D eigenvalue weighted by Gasteiger charge is 2.35. The number of hydrogen-bond donors (Lipinski definition) is 2. The third kappa shape index (κ3) is 5.34. The van der Waals surface area contributed by atoms with Crippen molar-refractivity contribution in [2.45, 2.75) is 44.7 Å². The van der Waals surface area contributed by atoms with Gasteiger partial charge in [-0.15, -0.1) is 0 Å². The number of benzene rings is 1. The summed E-state index contributed by atoms with van der Waals surface area (Å²) in [4.78, 5) is 37.3.